The number of carbonyl (C=O) groups is 1. The summed E-state index contributed by atoms with van der Waals surface area (Å²) in [5, 5.41) is 9.08. The van der Waals surface area contributed by atoms with Gasteiger partial charge in [0.1, 0.15) is 18.2 Å². The van der Waals surface area contributed by atoms with Crippen molar-refractivity contribution < 1.29 is 4.79 Å². The van der Waals surface area contributed by atoms with Crippen molar-refractivity contribution in [2.75, 3.05) is 0 Å². The van der Waals surface area contributed by atoms with Crippen molar-refractivity contribution in [2.24, 2.45) is 0 Å². The highest BCUT2D eigenvalue weighted by Gasteiger charge is 2.25. The van der Waals surface area contributed by atoms with E-state index in [2.05, 4.69) is 0 Å². The van der Waals surface area contributed by atoms with E-state index in [9.17, 15) is 14.4 Å². The third-order valence-electron chi connectivity index (χ3n) is 4.41. The van der Waals surface area contributed by atoms with E-state index in [4.69, 9.17) is 5.26 Å². The molecule has 132 valence electrons. The van der Waals surface area contributed by atoms with Crippen LogP contribution in [0.2, 0.25) is 0 Å². The number of amides is 1. The lowest BCUT2D eigenvalue weighted by Gasteiger charge is -2.34. The molecule has 0 saturated carbocycles. The predicted molar refractivity (Wildman–Crippen MR) is 91.7 cm³/mol. The molecule has 0 aliphatic heterocycles. The van der Waals surface area contributed by atoms with Crippen LogP contribution in [0.1, 0.15) is 53.0 Å². The Bertz CT molecular complexity index is 732. The molecule has 1 aromatic rings. The Kier molecular flexibility index (Phi) is 6.96. The van der Waals surface area contributed by atoms with Gasteiger partial charge in [-0.1, -0.05) is 13.8 Å². The van der Waals surface area contributed by atoms with Gasteiger partial charge in [0.15, 0.2) is 0 Å². The van der Waals surface area contributed by atoms with Crippen LogP contribution >= 0.6 is 0 Å². The zero-order chi connectivity index (χ0) is 18.4. The summed E-state index contributed by atoms with van der Waals surface area (Å²) < 4.78 is 2.13. The van der Waals surface area contributed by atoms with Gasteiger partial charge in [0, 0.05) is 24.8 Å². The number of nitriles is 1. The molecule has 0 aromatic carbocycles. The monoisotopic (exact) mass is 334 g/mol. The van der Waals surface area contributed by atoms with Crippen molar-refractivity contribution in [3.05, 3.63) is 32.6 Å². The fraction of sp³-hybridized carbons (Fsp3) is 0.647. The van der Waals surface area contributed by atoms with Crippen LogP contribution < -0.4 is 11.2 Å². The second-order valence-corrected chi connectivity index (χ2v) is 5.93. The first-order valence-electron chi connectivity index (χ1n) is 8.37. The number of nitrogens with zero attached hydrogens (tertiary/aromatic N) is 4. The van der Waals surface area contributed by atoms with Crippen LogP contribution in [0.3, 0.4) is 0 Å². The molecule has 0 aliphatic rings. The van der Waals surface area contributed by atoms with E-state index in [0.29, 0.717) is 6.54 Å². The molecule has 2 unspecified atom stereocenters. The molecule has 1 amide bonds. The van der Waals surface area contributed by atoms with Crippen LogP contribution in [0.4, 0.5) is 0 Å². The summed E-state index contributed by atoms with van der Waals surface area (Å²) >= 11 is 0. The Morgan fingerprint density at radius 2 is 1.75 bits per heavy atom. The molecule has 0 aliphatic carbocycles. The molecule has 1 aromatic heterocycles. The number of aryl methyl sites for hydroxylation is 1. The van der Waals surface area contributed by atoms with Crippen molar-refractivity contribution in [1.29, 1.82) is 5.26 Å². The van der Waals surface area contributed by atoms with Crippen molar-refractivity contribution in [2.45, 2.75) is 72.6 Å². The Morgan fingerprint density at radius 3 is 2.17 bits per heavy atom. The van der Waals surface area contributed by atoms with Crippen LogP contribution in [0.15, 0.2) is 15.8 Å². The minimum Gasteiger partial charge on any atom is -0.336 e. The first kappa shape index (κ1) is 19.7. The van der Waals surface area contributed by atoms with Crippen LogP contribution in [0.5, 0.6) is 0 Å². The Balaban J connectivity index is 3.34. The minimum atomic E-state index is -0.714. The highest BCUT2D eigenvalue weighted by molar-refractivity contribution is 5.76. The molecule has 7 heteroatoms. The SMILES string of the molecule is CCC(C)N(C(=O)Cn1c(=O)c(C#N)cn(CC)c1=O)C(C)CC. The van der Waals surface area contributed by atoms with Crippen LogP contribution in [-0.4, -0.2) is 32.0 Å². The maximum absolute atomic E-state index is 12.8. The predicted octanol–water partition coefficient (Wildman–Crippen LogP) is 1.33. The molecule has 1 rings (SSSR count). The summed E-state index contributed by atoms with van der Waals surface area (Å²) in [7, 11) is 0. The van der Waals surface area contributed by atoms with Crippen molar-refractivity contribution in [3.8, 4) is 6.07 Å². The summed E-state index contributed by atoms with van der Waals surface area (Å²) in [4.78, 5) is 39.1. The molecule has 0 fully saturated rings. The molecule has 0 saturated heterocycles. The standard InChI is InChI=1S/C17H26N4O3/c1-6-12(4)21(13(5)7-2)15(22)11-20-16(23)14(9-18)10-19(8-3)17(20)24/h10,12-13H,6-8,11H2,1-5H3. The Labute approximate surface area is 142 Å². The number of rotatable bonds is 7. The Hall–Kier alpha value is -2.36. The van der Waals surface area contributed by atoms with Gasteiger partial charge in [0.25, 0.3) is 5.56 Å². The van der Waals surface area contributed by atoms with Crippen molar-refractivity contribution >= 4 is 5.91 Å². The second kappa shape index (κ2) is 8.48. The summed E-state index contributed by atoms with van der Waals surface area (Å²) in [6.45, 7) is 9.58. The van der Waals surface area contributed by atoms with E-state index in [-0.39, 0.29) is 30.1 Å². The van der Waals surface area contributed by atoms with Crippen LogP contribution in [0.25, 0.3) is 0 Å². The zero-order valence-corrected chi connectivity index (χ0v) is 15.1. The fourth-order valence-electron chi connectivity index (χ4n) is 2.63. The van der Waals surface area contributed by atoms with Crippen LogP contribution in [0, 0.1) is 11.3 Å². The zero-order valence-electron chi connectivity index (χ0n) is 15.1. The fourth-order valence-corrected chi connectivity index (χ4v) is 2.63. The third kappa shape index (κ3) is 3.94. The molecule has 0 bridgehead atoms. The summed E-state index contributed by atoms with van der Waals surface area (Å²) in [6, 6.07) is 1.81. The highest BCUT2D eigenvalue weighted by atomic mass is 16.2. The number of carbonyl (C=O) groups excluding carboxylic acids is 1. The molecule has 0 N–H and O–H groups in total. The molecule has 24 heavy (non-hydrogen) atoms. The van der Waals surface area contributed by atoms with Gasteiger partial charge in [-0.3, -0.25) is 14.2 Å². The average molecular weight is 334 g/mol. The normalized spacial score (nSPS) is 13.2. The number of hydrogen-bond donors (Lipinski definition) is 0. The minimum absolute atomic E-state index is 0.00991. The average Bonchev–Trinajstić information content (AvgIpc) is 2.58. The van der Waals surface area contributed by atoms with Gasteiger partial charge in [-0.2, -0.15) is 5.26 Å². The Morgan fingerprint density at radius 1 is 1.21 bits per heavy atom. The summed E-state index contributed by atoms with van der Waals surface area (Å²) in [5.41, 5.74) is -1.42. The molecular weight excluding hydrogens is 308 g/mol. The van der Waals surface area contributed by atoms with Gasteiger partial charge >= 0.3 is 5.69 Å². The molecule has 0 radical (unpaired) electrons. The van der Waals surface area contributed by atoms with Gasteiger partial charge in [0.05, 0.1) is 0 Å². The molecule has 7 nitrogen and oxygen atoms in total. The van der Waals surface area contributed by atoms with E-state index in [1.54, 1.807) is 17.9 Å². The molecule has 1 heterocycles. The lowest BCUT2D eigenvalue weighted by atomic mass is 10.1. The van der Waals surface area contributed by atoms with Crippen molar-refractivity contribution in [1.82, 2.24) is 14.0 Å². The molecular formula is C17H26N4O3. The second-order valence-electron chi connectivity index (χ2n) is 5.93. The molecule has 0 spiro atoms. The van der Waals surface area contributed by atoms with E-state index in [1.165, 1.54) is 10.8 Å². The van der Waals surface area contributed by atoms with Crippen molar-refractivity contribution in [3.63, 3.8) is 0 Å². The lowest BCUT2D eigenvalue weighted by Crippen LogP contribution is -2.49. The number of hydrogen-bond acceptors (Lipinski definition) is 4. The highest BCUT2D eigenvalue weighted by Crippen LogP contribution is 2.12. The van der Waals surface area contributed by atoms with Crippen LogP contribution in [-0.2, 0) is 17.9 Å². The number of aromatic nitrogens is 2. The van der Waals surface area contributed by atoms with Gasteiger partial charge < -0.3 is 4.90 Å². The maximum Gasteiger partial charge on any atom is 0.331 e. The smallest absolute Gasteiger partial charge is 0.331 e. The topological polar surface area (TPSA) is 88.1 Å². The quantitative estimate of drug-likeness (QED) is 0.752. The van der Waals surface area contributed by atoms with Gasteiger partial charge in [-0.05, 0) is 33.6 Å². The largest absolute Gasteiger partial charge is 0.336 e. The maximum atomic E-state index is 12.8. The lowest BCUT2D eigenvalue weighted by molar-refractivity contribution is -0.136. The summed E-state index contributed by atoms with van der Waals surface area (Å²) in [6.07, 6.45) is 2.80. The first-order chi connectivity index (χ1) is 11.3. The van der Waals surface area contributed by atoms with E-state index in [0.717, 1.165) is 17.4 Å². The van der Waals surface area contributed by atoms with E-state index >= 15 is 0 Å². The summed E-state index contributed by atoms with van der Waals surface area (Å²) in [5.74, 6) is -0.282. The molecule has 2 atom stereocenters. The first-order valence-corrected chi connectivity index (χ1v) is 8.37. The van der Waals surface area contributed by atoms with Gasteiger partial charge in [0.2, 0.25) is 5.91 Å². The third-order valence-corrected chi connectivity index (χ3v) is 4.41. The van der Waals surface area contributed by atoms with E-state index in [1.807, 2.05) is 27.7 Å². The van der Waals surface area contributed by atoms with Gasteiger partial charge in [-0.15, -0.1) is 0 Å². The van der Waals surface area contributed by atoms with E-state index < -0.39 is 11.2 Å². The van der Waals surface area contributed by atoms with Gasteiger partial charge in [-0.25, -0.2) is 9.36 Å².